The Morgan fingerprint density at radius 2 is 1.94 bits per heavy atom. The van der Waals surface area contributed by atoms with Gasteiger partial charge in [0.05, 0.1) is 0 Å². The fourth-order valence-electron chi connectivity index (χ4n) is 1.85. The van der Waals surface area contributed by atoms with Gasteiger partial charge in [0.15, 0.2) is 0 Å². The van der Waals surface area contributed by atoms with Crippen molar-refractivity contribution >= 4 is 27.3 Å². The first kappa shape index (κ1) is 14.2. The highest BCUT2D eigenvalue weighted by Gasteiger charge is 2.10. The Kier molecular flexibility index (Phi) is 7.33. The first-order chi connectivity index (χ1) is 7.75. The number of thiophene rings is 1. The summed E-state index contributed by atoms with van der Waals surface area (Å²) >= 11 is 5.30. The second-order valence-electron chi connectivity index (χ2n) is 4.30. The number of halogens is 1. The highest BCUT2D eigenvalue weighted by atomic mass is 79.9. The third kappa shape index (κ3) is 4.98. The van der Waals surface area contributed by atoms with Crippen molar-refractivity contribution in [1.82, 2.24) is 0 Å². The topological polar surface area (TPSA) is 26.0 Å². The predicted molar refractivity (Wildman–Crippen MR) is 76.9 cm³/mol. The molecule has 2 N–H and O–H groups in total. The lowest BCUT2D eigenvalue weighted by Gasteiger charge is -2.10. The van der Waals surface area contributed by atoms with E-state index in [9.17, 15) is 0 Å². The van der Waals surface area contributed by atoms with E-state index in [0.29, 0.717) is 0 Å². The van der Waals surface area contributed by atoms with E-state index in [-0.39, 0.29) is 6.04 Å². The minimum absolute atomic E-state index is 0.223. The van der Waals surface area contributed by atoms with Gasteiger partial charge in [0, 0.05) is 15.4 Å². The van der Waals surface area contributed by atoms with E-state index in [1.54, 1.807) is 11.3 Å². The van der Waals surface area contributed by atoms with Crippen molar-refractivity contribution in [3.63, 3.8) is 0 Å². The second-order valence-corrected chi connectivity index (χ2v) is 6.10. The molecule has 92 valence electrons. The van der Waals surface area contributed by atoms with Gasteiger partial charge in [-0.25, -0.2) is 0 Å². The van der Waals surface area contributed by atoms with Gasteiger partial charge in [-0.15, -0.1) is 11.3 Å². The number of rotatable bonds is 8. The Hall–Kier alpha value is 0.140. The normalized spacial score (nSPS) is 12.9. The molecule has 0 saturated heterocycles. The molecule has 0 aliphatic carbocycles. The van der Waals surface area contributed by atoms with Crippen molar-refractivity contribution in [1.29, 1.82) is 0 Å². The molecule has 1 heterocycles. The maximum Gasteiger partial charge on any atom is 0.0401 e. The maximum atomic E-state index is 6.16. The van der Waals surface area contributed by atoms with Crippen LogP contribution in [0.4, 0.5) is 0 Å². The molecule has 16 heavy (non-hydrogen) atoms. The molecule has 1 aromatic heterocycles. The Bertz CT molecular complexity index is 285. The quantitative estimate of drug-likeness (QED) is 0.651. The van der Waals surface area contributed by atoms with Gasteiger partial charge in [-0.05, 0) is 33.8 Å². The molecule has 1 aromatic rings. The molecule has 0 aliphatic rings. The summed E-state index contributed by atoms with van der Waals surface area (Å²) in [4.78, 5) is 1.30. The standard InChI is InChI=1S/C13H22BrNS/c1-2-3-4-5-6-7-8-12(15)13-11(14)9-10-16-13/h9-10,12H,2-8,15H2,1H3. The molecule has 0 aliphatic heterocycles. The van der Waals surface area contributed by atoms with E-state index in [1.807, 2.05) is 0 Å². The zero-order chi connectivity index (χ0) is 11.8. The summed E-state index contributed by atoms with van der Waals surface area (Å²) in [6.45, 7) is 2.25. The van der Waals surface area contributed by atoms with Crippen molar-refractivity contribution in [2.24, 2.45) is 5.73 Å². The molecule has 1 nitrogen and oxygen atoms in total. The molecule has 0 saturated carbocycles. The number of hydrogen-bond acceptors (Lipinski definition) is 2. The molecule has 0 spiro atoms. The summed E-state index contributed by atoms with van der Waals surface area (Å²) in [6, 6.07) is 2.31. The fraction of sp³-hybridized carbons (Fsp3) is 0.692. The Labute approximate surface area is 112 Å². The fourth-order valence-corrected chi connectivity index (χ4v) is 3.55. The molecule has 0 aromatic carbocycles. The number of unbranched alkanes of at least 4 members (excludes halogenated alkanes) is 5. The van der Waals surface area contributed by atoms with E-state index < -0.39 is 0 Å². The lowest BCUT2D eigenvalue weighted by Crippen LogP contribution is -2.08. The van der Waals surface area contributed by atoms with Gasteiger partial charge < -0.3 is 5.73 Å². The van der Waals surface area contributed by atoms with Gasteiger partial charge in [0.1, 0.15) is 0 Å². The van der Waals surface area contributed by atoms with Crippen molar-refractivity contribution in [3.8, 4) is 0 Å². The highest BCUT2D eigenvalue weighted by Crippen LogP contribution is 2.30. The third-order valence-corrected chi connectivity index (χ3v) is 4.85. The van der Waals surface area contributed by atoms with Crippen molar-refractivity contribution in [2.75, 3.05) is 0 Å². The first-order valence-electron chi connectivity index (χ1n) is 6.24. The van der Waals surface area contributed by atoms with Gasteiger partial charge >= 0.3 is 0 Å². The minimum Gasteiger partial charge on any atom is -0.323 e. The van der Waals surface area contributed by atoms with Crippen molar-refractivity contribution in [3.05, 3.63) is 20.8 Å². The van der Waals surface area contributed by atoms with E-state index in [0.717, 1.165) is 6.42 Å². The summed E-state index contributed by atoms with van der Waals surface area (Å²) < 4.78 is 1.18. The Morgan fingerprint density at radius 3 is 2.56 bits per heavy atom. The van der Waals surface area contributed by atoms with Crippen LogP contribution < -0.4 is 5.73 Å². The van der Waals surface area contributed by atoms with Crippen LogP contribution in [-0.2, 0) is 0 Å². The van der Waals surface area contributed by atoms with Crippen LogP contribution in [0.1, 0.15) is 62.8 Å². The SMILES string of the molecule is CCCCCCCCC(N)c1sccc1Br. The molecule has 1 atom stereocenters. The van der Waals surface area contributed by atoms with E-state index >= 15 is 0 Å². The average molecular weight is 304 g/mol. The molecule has 0 bridgehead atoms. The average Bonchev–Trinajstić information content (AvgIpc) is 2.69. The van der Waals surface area contributed by atoms with Crippen molar-refractivity contribution in [2.45, 2.75) is 57.9 Å². The molecular weight excluding hydrogens is 282 g/mol. The van der Waals surface area contributed by atoms with Gasteiger partial charge in [0.2, 0.25) is 0 Å². The molecule has 0 radical (unpaired) electrons. The van der Waals surface area contributed by atoms with E-state index in [1.165, 1.54) is 47.9 Å². The second kappa shape index (κ2) is 8.26. The van der Waals surface area contributed by atoms with E-state index in [2.05, 4.69) is 34.3 Å². The maximum absolute atomic E-state index is 6.16. The highest BCUT2D eigenvalue weighted by molar-refractivity contribution is 9.10. The molecule has 1 unspecified atom stereocenters. The van der Waals surface area contributed by atoms with Gasteiger partial charge in [-0.3, -0.25) is 0 Å². The first-order valence-corrected chi connectivity index (χ1v) is 7.91. The molecule has 3 heteroatoms. The van der Waals surface area contributed by atoms with Crippen LogP contribution in [0.5, 0.6) is 0 Å². The van der Waals surface area contributed by atoms with Crippen LogP contribution in [0.15, 0.2) is 15.9 Å². The van der Waals surface area contributed by atoms with Crippen LogP contribution in [-0.4, -0.2) is 0 Å². The van der Waals surface area contributed by atoms with Gasteiger partial charge in [-0.1, -0.05) is 45.4 Å². The summed E-state index contributed by atoms with van der Waals surface area (Å²) in [6.07, 6.45) is 9.15. The Balaban J connectivity index is 2.11. The zero-order valence-corrected chi connectivity index (χ0v) is 12.4. The van der Waals surface area contributed by atoms with Crippen LogP contribution in [0.2, 0.25) is 0 Å². The predicted octanol–water partition coefficient (Wildman–Crippen LogP) is 5.26. The monoisotopic (exact) mass is 303 g/mol. The van der Waals surface area contributed by atoms with Crippen LogP contribution >= 0.6 is 27.3 Å². The van der Waals surface area contributed by atoms with Crippen LogP contribution in [0, 0.1) is 0 Å². The summed E-state index contributed by atoms with van der Waals surface area (Å²) in [5.41, 5.74) is 6.16. The van der Waals surface area contributed by atoms with Crippen LogP contribution in [0.25, 0.3) is 0 Å². The van der Waals surface area contributed by atoms with Crippen LogP contribution in [0.3, 0.4) is 0 Å². The van der Waals surface area contributed by atoms with E-state index in [4.69, 9.17) is 5.73 Å². The minimum atomic E-state index is 0.223. The largest absolute Gasteiger partial charge is 0.323 e. The summed E-state index contributed by atoms with van der Waals surface area (Å²) in [5, 5.41) is 2.10. The molecule has 0 amide bonds. The molecule has 1 rings (SSSR count). The number of nitrogens with two attached hydrogens (primary N) is 1. The lowest BCUT2D eigenvalue weighted by atomic mass is 10.1. The Morgan fingerprint density at radius 1 is 1.25 bits per heavy atom. The third-order valence-electron chi connectivity index (χ3n) is 2.85. The van der Waals surface area contributed by atoms with Crippen molar-refractivity contribution < 1.29 is 0 Å². The molecule has 0 fully saturated rings. The van der Waals surface area contributed by atoms with Gasteiger partial charge in [-0.2, -0.15) is 0 Å². The smallest absolute Gasteiger partial charge is 0.0401 e. The zero-order valence-electron chi connectivity index (χ0n) is 10.0. The lowest BCUT2D eigenvalue weighted by molar-refractivity contribution is 0.550. The molecular formula is C13H22BrNS. The summed E-state index contributed by atoms with van der Waals surface area (Å²) in [7, 11) is 0. The summed E-state index contributed by atoms with van der Waals surface area (Å²) in [5.74, 6) is 0. The van der Waals surface area contributed by atoms with Gasteiger partial charge in [0.25, 0.3) is 0 Å². The number of hydrogen-bond donors (Lipinski definition) is 1.